The van der Waals surface area contributed by atoms with Crippen LogP contribution in [0.15, 0.2) is 173 Å². The molecule has 250 valence electrons. The molecule has 0 spiro atoms. The average molecular weight is 687 g/mol. The van der Waals surface area contributed by atoms with Crippen molar-refractivity contribution in [1.29, 1.82) is 0 Å². The Labute approximate surface area is 310 Å². The van der Waals surface area contributed by atoms with Crippen molar-refractivity contribution < 1.29 is 8.83 Å². The summed E-state index contributed by atoms with van der Waals surface area (Å²) >= 11 is 0. The molecule has 11 aromatic rings. The molecule has 1 atom stereocenters. The van der Waals surface area contributed by atoms with Gasteiger partial charge in [0.2, 0.25) is 0 Å². The van der Waals surface area contributed by atoms with Gasteiger partial charge in [-0.25, -0.2) is 0 Å². The smallest absolute Gasteiger partial charge is 0.136 e. The summed E-state index contributed by atoms with van der Waals surface area (Å²) in [7, 11) is 0. The summed E-state index contributed by atoms with van der Waals surface area (Å²) in [5, 5.41) is 11.1. The van der Waals surface area contributed by atoms with Crippen LogP contribution in [0.25, 0.3) is 110 Å². The lowest BCUT2D eigenvalue weighted by atomic mass is 9.65. The second kappa shape index (κ2) is 9.95. The van der Waals surface area contributed by atoms with Crippen LogP contribution >= 0.6 is 0 Å². The van der Waals surface area contributed by atoms with Gasteiger partial charge in [0.15, 0.2) is 0 Å². The Bertz CT molecular complexity index is 3430. The number of hydrogen-bond acceptors (Lipinski definition) is 2. The van der Waals surface area contributed by atoms with E-state index < -0.39 is 0 Å². The summed E-state index contributed by atoms with van der Waals surface area (Å²) in [5.74, 6) is 0.894. The van der Waals surface area contributed by atoms with Crippen molar-refractivity contribution >= 4 is 65.2 Å². The minimum atomic E-state index is -0.342. The maximum atomic E-state index is 6.45. The molecule has 0 saturated carbocycles. The quantitative estimate of drug-likeness (QED) is 0.169. The minimum Gasteiger partial charge on any atom is -0.456 e. The second-order valence-electron chi connectivity index (χ2n) is 15.2. The molecular formula is C52H30O2. The Balaban J connectivity index is 1.11. The van der Waals surface area contributed by atoms with Gasteiger partial charge in [-0.2, -0.15) is 0 Å². The van der Waals surface area contributed by atoms with Crippen LogP contribution in [0, 0.1) is 0 Å². The Morgan fingerprint density at radius 3 is 1.94 bits per heavy atom. The summed E-state index contributed by atoms with van der Waals surface area (Å²) in [6.45, 7) is 2.46. The van der Waals surface area contributed by atoms with Crippen LogP contribution in [0.3, 0.4) is 0 Å². The third-order valence-corrected chi connectivity index (χ3v) is 12.6. The predicted molar refractivity (Wildman–Crippen MR) is 223 cm³/mol. The molecule has 1 unspecified atom stereocenters. The van der Waals surface area contributed by atoms with Crippen LogP contribution < -0.4 is 0 Å². The van der Waals surface area contributed by atoms with E-state index in [1.54, 1.807) is 0 Å². The minimum absolute atomic E-state index is 0.342. The fourth-order valence-corrected chi connectivity index (χ4v) is 10.4. The molecule has 0 N–H and O–H groups in total. The zero-order valence-corrected chi connectivity index (χ0v) is 29.4. The van der Waals surface area contributed by atoms with Gasteiger partial charge in [-0.15, -0.1) is 0 Å². The summed E-state index contributed by atoms with van der Waals surface area (Å²) in [6.07, 6.45) is 0. The first-order valence-corrected chi connectivity index (χ1v) is 18.8. The highest BCUT2D eigenvalue weighted by Gasteiger charge is 2.47. The van der Waals surface area contributed by atoms with E-state index in [4.69, 9.17) is 8.83 Å². The molecule has 9 aromatic carbocycles. The number of benzene rings is 9. The van der Waals surface area contributed by atoms with Crippen LogP contribution in [-0.4, -0.2) is 0 Å². The van der Waals surface area contributed by atoms with Gasteiger partial charge in [-0.05, 0) is 120 Å². The zero-order valence-electron chi connectivity index (χ0n) is 29.4. The molecule has 2 aromatic heterocycles. The van der Waals surface area contributed by atoms with E-state index in [-0.39, 0.29) is 5.41 Å². The highest BCUT2D eigenvalue weighted by Crippen LogP contribution is 2.63. The first kappa shape index (κ1) is 28.7. The summed E-state index contributed by atoms with van der Waals surface area (Å²) in [4.78, 5) is 0. The molecular weight excluding hydrogens is 657 g/mol. The fourth-order valence-electron chi connectivity index (χ4n) is 10.4. The van der Waals surface area contributed by atoms with Gasteiger partial charge in [-0.1, -0.05) is 133 Å². The molecule has 0 fully saturated rings. The summed E-state index contributed by atoms with van der Waals surface area (Å²) < 4.78 is 12.8. The van der Waals surface area contributed by atoms with E-state index in [9.17, 15) is 0 Å². The van der Waals surface area contributed by atoms with Gasteiger partial charge in [-0.3, -0.25) is 0 Å². The van der Waals surface area contributed by atoms with Crippen molar-refractivity contribution in [1.82, 2.24) is 0 Å². The normalized spacial score (nSPS) is 15.6. The first-order chi connectivity index (χ1) is 26.7. The van der Waals surface area contributed by atoms with E-state index in [0.29, 0.717) is 0 Å². The SMILES string of the molecule is CC12c3ccc4oc5ccccc5c4c3-c3cccc(c31)-c1c3ccccc3c(-c3ccc4c(-c5cc6ccccc6o5)cccc4c3)c3cccc2c13. The van der Waals surface area contributed by atoms with Gasteiger partial charge in [0.25, 0.3) is 0 Å². The molecule has 2 aliphatic rings. The van der Waals surface area contributed by atoms with Crippen molar-refractivity contribution in [3.05, 3.63) is 180 Å². The number of para-hydroxylation sites is 2. The maximum Gasteiger partial charge on any atom is 0.136 e. The highest BCUT2D eigenvalue weighted by atomic mass is 16.3. The van der Waals surface area contributed by atoms with Crippen LogP contribution in [0.1, 0.15) is 23.6 Å². The van der Waals surface area contributed by atoms with Crippen molar-refractivity contribution in [3.8, 4) is 44.7 Å². The molecule has 2 aliphatic carbocycles. The van der Waals surface area contributed by atoms with Crippen molar-refractivity contribution in [2.45, 2.75) is 12.3 Å². The molecule has 0 saturated heterocycles. The van der Waals surface area contributed by atoms with Crippen LogP contribution in [0.4, 0.5) is 0 Å². The first-order valence-electron chi connectivity index (χ1n) is 18.8. The van der Waals surface area contributed by atoms with E-state index in [0.717, 1.165) is 33.5 Å². The Morgan fingerprint density at radius 1 is 0.389 bits per heavy atom. The highest BCUT2D eigenvalue weighted by molar-refractivity contribution is 6.26. The van der Waals surface area contributed by atoms with E-state index >= 15 is 0 Å². The van der Waals surface area contributed by atoms with Crippen molar-refractivity contribution in [3.63, 3.8) is 0 Å². The number of fused-ring (bicyclic) bond motifs is 13. The molecule has 2 heteroatoms. The Morgan fingerprint density at radius 2 is 1.07 bits per heavy atom. The standard InChI is InChI=1S/C52H30O2/c1-52-40-20-10-17-37-46(31-23-24-32-29(27-31)12-8-16-33(32)45-28-30-11-2-6-21-42(30)53-45)34-13-3-4-14-35(34)47(48(37)40)38-18-9-19-39(51(38)52)49-41(52)25-26-44-50(49)36-15-5-7-22-43(36)54-44/h2-28H,1H3. The Hall–Kier alpha value is -6.90. The fraction of sp³-hybridized carbons (Fsp3) is 0.0385. The number of furan rings is 2. The molecule has 54 heavy (non-hydrogen) atoms. The van der Waals surface area contributed by atoms with Crippen LogP contribution in [-0.2, 0) is 5.41 Å². The molecule has 0 aliphatic heterocycles. The van der Waals surface area contributed by atoms with Gasteiger partial charge in [0.05, 0.1) is 0 Å². The lowest BCUT2D eigenvalue weighted by Crippen LogP contribution is -2.26. The van der Waals surface area contributed by atoms with E-state index in [1.165, 1.54) is 93.2 Å². The summed E-state index contributed by atoms with van der Waals surface area (Å²) in [5.41, 5.74) is 15.4. The van der Waals surface area contributed by atoms with Crippen LogP contribution in [0.5, 0.6) is 0 Å². The molecule has 0 amide bonds. The predicted octanol–water partition coefficient (Wildman–Crippen LogP) is 14.4. The van der Waals surface area contributed by atoms with Crippen LogP contribution in [0.2, 0.25) is 0 Å². The third kappa shape index (κ3) is 3.42. The number of rotatable bonds is 2. The summed E-state index contributed by atoms with van der Waals surface area (Å²) in [6, 6.07) is 59.9. The largest absolute Gasteiger partial charge is 0.456 e. The van der Waals surface area contributed by atoms with E-state index in [2.05, 4.69) is 159 Å². The third-order valence-electron chi connectivity index (χ3n) is 12.6. The zero-order chi connectivity index (χ0) is 35.3. The second-order valence-corrected chi connectivity index (χ2v) is 15.2. The molecule has 13 rings (SSSR count). The number of hydrogen-bond donors (Lipinski definition) is 0. The topological polar surface area (TPSA) is 26.3 Å². The average Bonchev–Trinajstić information content (AvgIpc) is 3.90. The van der Waals surface area contributed by atoms with Gasteiger partial charge < -0.3 is 8.83 Å². The lowest BCUT2D eigenvalue weighted by Gasteiger charge is -2.37. The van der Waals surface area contributed by atoms with Crippen molar-refractivity contribution in [2.75, 3.05) is 0 Å². The molecule has 0 radical (unpaired) electrons. The van der Waals surface area contributed by atoms with Crippen molar-refractivity contribution in [2.24, 2.45) is 0 Å². The molecule has 0 bridgehead atoms. The Kier molecular flexibility index (Phi) is 5.28. The van der Waals surface area contributed by atoms with Gasteiger partial charge >= 0.3 is 0 Å². The van der Waals surface area contributed by atoms with Gasteiger partial charge in [0.1, 0.15) is 22.5 Å². The molecule has 2 nitrogen and oxygen atoms in total. The van der Waals surface area contributed by atoms with E-state index in [1.807, 2.05) is 12.1 Å². The molecule has 2 heterocycles. The van der Waals surface area contributed by atoms with Gasteiger partial charge in [0, 0.05) is 27.1 Å². The monoisotopic (exact) mass is 686 g/mol. The lowest BCUT2D eigenvalue weighted by molar-refractivity contribution is 0.632. The maximum absolute atomic E-state index is 6.45.